The molecule has 100 valence electrons. The first kappa shape index (κ1) is 11.3. The van der Waals surface area contributed by atoms with Gasteiger partial charge in [-0.15, -0.1) is 0 Å². The third-order valence-electron chi connectivity index (χ3n) is 6.93. The first-order valence-electron chi connectivity index (χ1n) is 7.83. The molecule has 0 amide bonds. The number of carbonyl (C=O) groups is 1. The SMILES string of the molecule is C1C2CC3C4CC5CC(C14)C(C2)C3C5.CC(=O)O. The summed E-state index contributed by atoms with van der Waals surface area (Å²) in [6, 6.07) is 0. The summed E-state index contributed by atoms with van der Waals surface area (Å²) in [7, 11) is 0. The maximum atomic E-state index is 9.00. The molecule has 7 saturated carbocycles. The number of hydrogen-bond acceptors (Lipinski definition) is 1. The lowest BCUT2D eigenvalue weighted by Crippen LogP contribution is -2.62. The quantitative estimate of drug-likeness (QED) is 0.713. The van der Waals surface area contributed by atoms with Crippen molar-refractivity contribution in [3.8, 4) is 0 Å². The summed E-state index contributed by atoms with van der Waals surface area (Å²) in [6.45, 7) is 1.08. The maximum Gasteiger partial charge on any atom is 0.300 e. The van der Waals surface area contributed by atoms with E-state index < -0.39 is 5.97 Å². The highest BCUT2D eigenvalue weighted by Crippen LogP contribution is 2.71. The molecule has 0 spiro atoms. The highest BCUT2D eigenvalue weighted by Gasteiger charge is 2.63. The molecule has 0 unspecified atom stereocenters. The van der Waals surface area contributed by atoms with Crippen molar-refractivity contribution in [3.63, 3.8) is 0 Å². The van der Waals surface area contributed by atoms with E-state index in [0.717, 1.165) is 6.92 Å². The minimum Gasteiger partial charge on any atom is -0.481 e. The first-order valence-corrected chi connectivity index (χ1v) is 7.83. The Morgan fingerprint density at radius 3 is 1.06 bits per heavy atom. The van der Waals surface area contributed by atoms with Crippen LogP contribution in [0.3, 0.4) is 0 Å². The van der Waals surface area contributed by atoms with Gasteiger partial charge in [0.05, 0.1) is 0 Å². The van der Waals surface area contributed by atoms with Crippen LogP contribution in [0.15, 0.2) is 0 Å². The Hall–Kier alpha value is -0.530. The summed E-state index contributed by atoms with van der Waals surface area (Å²) in [5.74, 6) is 8.91. The number of rotatable bonds is 0. The van der Waals surface area contributed by atoms with E-state index in [0.29, 0.717) is 0 Å². The average molecular weight is 248 g/mol. The lowest BCUT2D eigenvalue weighted by atomic mass is 9.36. The van der Waals surface area contributed by atoms with E-state index >= 15 is 0 Å². The van der Waals surface area contributed by atoms with E-state index in [2.05, 4.69) is 0 Å². The zero-order valence-electron chi connectivity index (χ0n) is 11.2. The molecule has 2 nitrogen and oxygen atoms in total. The van der Waals surface area contributed by atoms with Crippen molar-refractivity contribution in [3.05, 3.63) is 0 Å². The molecule has 1 N–H and O–H groups in total. The minimum atomic E-state index is -0.833. The van der Waals surface area contributed by atoms with Crippen LogP contribution in [0.25, 0.3) is 0 Å². The van der Waals surface area contributed by atoms with Crippen molar-refractivity contribution in [1.82, 2.24) is 0 Å². The van der Waals surface area contributed by atoms with Crippen molar-refractivity contribution in [1.29, 1.82) is 0 Å². The Bertz CT molecular complexity index is 284. The van der Waals surface area contributed by atoms with Gasteiger partial charge in [-0.2, -0.15) is 0 Å². The Labute approximate surface area is 109 Å². The second-order valence-corrected chi connectivity index (χ2v) is 7.65. The molecule has 0 saturated heterocycles. The van der Waals surface area contributed by atoms with Gasteiger partial charge in [-0.05, 0) is 85.9 Å². The Morgan fingerprint density at radius 2 is 0.889 bits per heavy atom. The molecule has 7 aliphatic rings. The van der Waals surface area contributed by atoms with Crippen LogP contribution >= 0.6 is 0 Å². The fourth-order valence-corrected chi connectivity index (χ4v) is 6.89. The summed E-state index contributed by atoms with van der Waals surface area (Å²) >= 11 is 0. The van der Waals surface area contributed by atoms with Crippen molar-refractivity contribution in [2.24, 2.45) is 47.3 Å². The van der Waals surface area contributed by atoms with Gasteiger partial charge in [-0.1, -0.05) is 0 Å². The lowest BCUT2D eigenvalue weighted by Gasteiger charge is -2.69. The van der Waals surface area contributed by atoms with Crippen LogP contribution in [-0.2, 0) is 4.79 Å². The average Bonchev–Trinajstić information content (AvgIpc) is 2.34. The van der Waals surface area contributed by atoms with Gasteiger partial charge in [0.15, 0.2) is 0 Å². The van der Waals surface area contributed by atoms with Gasteiger partial charge in [-0.3, -0.25) is 4.79 Å². The molecule has 0 aromatic heterocycles. The van der Waals surface area contributed by atoms with E-state index in [1.54, 1.807) is 38.5 Å². The van der Waals surface area contributed by atoms with Gasteiger partial charge in [0.25, 0.3) is 5.97 Å². The van der Waals surface area contributed by atoms with E-state index in [-0.39, 0.29) is 0 Å². The molecule has 7 aliphatic carbocycles. The van der Waals surface area contributed by atoms with Crippen LogP contribution in [0.2, 0.25) is 0 Å². The topological polar surface area (TPSA) is 37.3 Å². The molecule has 0 atom stereocenters. The van der Waals surface area contributed by atoms with Crippen LogP contribution in [0.1, 0.15) is 45.4 Å². The Kier molecular flexibility index (Phi) is 2.35. The smallest absolute Gasteiger partial charge is 0.300 e. The zero-order valence-corrected chi connectivity index (χ0v) is 11.2. The third-order valence-corrected chi connectivity index (χ3v) is 6.93. The number of carboxylic acids is 1. The fraction of sp³-hybridized carbons (Fsp3) is 0.938. The molecule has 7 rings (SSSR count). The van der Waals surface area contributed by atoms with Gasteiger partial charge in [0.1, 0.15) is 0 Å². The van der Waals surface area contributed by atoms with Gasteiger partial charge in [0.2, 0.25) is 0 Å². The maximum absolute atomic E-state index is 9.00. The summed E-state index contributed by atoms with van der Waals surface area (Å²) in [5, 5.41) is 7.42. The molecule has 8 bridgehead atoms. The lowest BCUT2D eigenvalue weighted by molar-refractivity contribution is -0.202. The summed E-state index contributed by atoms with van der Waals surface area (Å²) in [6.07, 6.45) is 9.93. The number of hydrogen-bond donors (Lipinski definition) is 1. The molecule has 0 heterocycles. The monoisotopic (exact) mass is 248 g/mol. The van der Waals surface area contributed by atoms with Crippen LogP contribution in [0, 0.1) is 47.3 Å². The highest BCUT2D eigenvalue weighted by atomic mass is 16.4. The van der Waals surface area contributed by atoms with Crippen LogP contribution < -0.4 is 0 Å². The molecule has 0 aromatic rings. The van der Waals surface area contributed by atoms with Crippen molar-refractivity contribution < 1.29 is 9.90 Å². The number of aliphatic carboxylic acids is 1. The zero-order chi connectivity index (χ0) is 12.4. The van der Waals surface area contributed by atoms with Crippen molar-refractivity contribution in [2.75, 3.05) is 0 Å². The second-order valence-electron chi connectivity index (χ2n) is 7.65. The Balaban J connectivity index is 0.000000198. The van der Waals surface area contributed by atoms with Crippen LogP contribution in [0.5, 0.6) is 0 Å². The number of carboxylic acid groups (broad SMARTS) is 1. The Morgan fingerprint density at radius 1 is 0.722 bits per heavy atom. The first-order chi connectivity index (χ1) is 8.63. The summed E-state index contributed by atoms with van der Waals surface area (Å²) in [5.41, 5.74) is 0. The third kappa shape index (κ3) is 1.44. The fourth-order valence-electron chi connectivity index (χ4n) is 6.89. The van der Waals surface area contributed by atoms with E-state index in [9.17, 15) is 0 Å². The molecule has 0 aliphatic heterocycles. The van der Waals surface area contributed by atoms with Gasteiger partial charge in [0, 0.05) is 6.92 Å². The van der Waals surface area contributed by atoms with E-state index in [4.69, 9.17) is 9.90 Å². The summed E-state index contributed by atoms with van der Waals surface area (Å²) in [4.78, 5) is 9.00. The van der Waals surface area contributed by atoms with Crippen LogP contribution in [-0.4, -0.2) is 11.1 Å². The van der Waals surface area contributed by atoms with Crippen molar-refractivity contribution >= 4 is 5.97 Å². The summed E-state index contributed by atoms with van der Waals surface area (Å²) < 4.78 is 0. The molecule has 2 heteroatoms. The highest BCUT2D eigenvalue weighted by molar-refractivity contribution is 5.62. The minimum absolute atomic E-state index is 0.833. The van der Waals surface area contributed by atoms with Gasteiger partial charge >= 0.3 is 0 Å². The van der Waals surface area contributed by atoms with Gasteiger partial charge in [-0.25, -0.2) is 0 Å². The van der Waals surface area contributed by atoms with Crippen molar-refractivity contribution in [2.45, 2.75) is 45.4 Å². The largest absolute Gasteiger partial charge is 0.481 e. The molecule has 0 radical (unpaired) electrons. The van der Waals surface area contributed by atoms with Crippen LogP contribution in [0.4, 0.5) is 0 Å². The second kappa shape index (κ2) is 3.74. The normalized spacial score (nSPS) is 57.4. The molecular formula is C16H24O2. The predicted octanol–water partition coefficient (Wildman–Crippen LogP) is 3.42. The standard InChI is InChI=1S/C14H20.C2H4O2/c1-7-2-12-10-4-8-5-11(9(1)10)13(3-7)14(12)6-8;1-2(3)4/h7-14H,1-6H2;1H3,(H,3,4). The molecule has 18 heavy (non-hydrogen) atoms. The van der Waals surface area contributed by atoms with Gasteiger partial charge < -0.3 is 5.11 Å². The van der Waals surface area contributed by atoms with E-state index in [1.807, 2.05) is 0 Å². The predicted molar refractivity (Wildman–Crippen MR) is 68.9 cm³/mol. The molecular weight excluding hydrogens is 224 g/mol. The molecule has 7 fully saturated rings. The van der Waals surface area contributed by atoms with E-state index in [1.165, 1.54) is 47.3 Å². The molecule has 0 aromatic carbocycles.